The molecule has 90 valence electrons. The van der Waals surface area contributed by atoms with Gasteiger partial charge in [0.15, 0.2) is 0 Å². The van der Waals surface area contributed by atoms with Gasteiger partial charge in [-0.25, -0.2) is 0 Å². The van der Waals surface area contributed by atoms with Crippen LogP contribution < -0.4 is 0 Å². The number of benzene rings is 1. The minimum Gasteiger partial charge on any atom is -0.295 e. The molecular formula is C15H20N2. The van der Waals surface area contributed by atoms with Gasteiger partial charge in [-0.3, -0.25) is 9.89 Å². The van der Waals surface area contributed by atoms with Crippen molar-refractivity contribution in [2.45, 2.75) is 32.2 Å². The molecule has 0 unspecified atom stereocenters. The average Bonchev–Trinajstić information content (AvgIpc) is 2.39. The van der Waals surface area contributed by atoms with Crippen molar-refractivity contribution in [3.05, 3.63) is 35.4 Å². The van der Waals surface area contributed by atoms with Crippen LogP contribution in [-0.2, 0) is 6.42 Å². The molecular weight excluding hydrogens is 208 g/mol. The zero-order valence-corrected chi connectivity index (χ0v) is 10.5. The van der Waals surface area contributed by atoms with Crippen molar-refractivity contribution in [3.8, 4) is 0 Å². The van der Waals surface area contributed by atoms with Gasteiger partial charge in [0.05, 0.1) is 0 Å². The maximum atomic E-state index is 4.64. The second-order valence-corrected chi connectivity index (χ2v) is 5.00. The molecule has 0 radical (unpaired) electrons. The summed E-state index contributed by atoms with van der Waals surface area (Å²) in [5.41, 5.74) is 4.51. The normalized spacial score (nSPS) is 26.6. The summed E-state index contributed by atoms with van der Waals surface area (Å²) in [4.78, 5) is 7.27. The summed E-state index contributed by atoms with van der Waals surface area (Å²) in [6, 6.07) is 9.53. The molecule has 0 aromatic heterocycles. The van der Waals surface area contributed by atoms with E-state index in [1.165, 1.54) is 31.6 Å². The largest absolute Gasteiger partial charge is 0.295 e. The minimum atomic E-state index is 0.596. The summed E-state index contributed by atoms with van der Waals surface area (Å²) < 4.78 is 0. The molecule has 2 heteroatoms. The first-order chi connectivity index (χ1) is 8.38. The molecule has 1 atom stereocenters. The first kappa shape index (κ1) is 11.0. The Bertz CT molecular complexity index is 436. The Balaban J connectivity index is 1.91. The monoisotopic (exact) mass is 228 g/mol. The molecule has 2 aliphatic rings. The highest BCUT2D eigenvalue weighted by molar-refractivity contribution is 5.86. The maximum absolute atomic E-state index is 4.64. The van der Waals surface area contributed by atoms with Crippen LogP contribution in [0.15, 0.2) is 29.3 Å². The van der Waals surface area contributed by atoms with E-state index in [0.717, 1.165) is 13.0 Å². The molecule has 1 saturated heterocycles. The average molecular weight is 228 g/mol. The van der Waals surface area contributed by atoms with Crippen LogP contribution in [-0.4, -0.2) is 30.2 Å². The Hall–Kier alpha value is -1.15. The molecule has 0 N–H and O–H groups in total. The molecule has 2 aliphatic heterocycles. The van der Waals surface area contributed by atoms with Crippen molar-refractivity contribution in [1.82, 2.24) is 4.90 Å². The Morgan fingerprint density at radius 1 is 1.24 bits per heavy atom. The van der Waals surface area contributed by atoms with Gasteiger partial charge in [-0.1, -0.05) is 24.3 Å². The molecule has 17 heavy (non-hydrogen) atoms. The van der Waals surface area contributed by atoms with E-state index in [1.54, 1.807) is 11.1 Å². The van der Waals surface area contributed by atoms with Crippen molar-refractivity contribution >= 4 is 5.71 Å². The molecule has 1 fully saturated rings. The standard InChI is InChI=1S/C15H20N2/c1-2-16-13-8-10-17-9-7-12-5-3-4-6-14(12)15(17)11-13/h3-6,15H,2,7-11H2,1H3/t15-/m0/s1. The quantitative estimate of drug-likeness (QED) is 0.721. The van der Waals surface area contributed by atoms with Gasteiger partial charge >= 0.3 is 0 Å². The number of piperidine rings is 1. The first-order valence-corrected chi connectivity index (χ1v) is 6.72. The third-order valence-corrected chi connectivity index (χ3v) is 4.02. The fourth-order valence-electron chi connectivity index (χ4n) is 3.18. The van der Waals surface area contributed by atoms with Gasteiger partial charge in [-0.05, 0) is 30.9 Å². The van der Waals surface area contributed by atoms with Crippen LogP contribution in [0.1, 0.15) is 36.9 Å². The molecule has 2 nitrogen and oxygen atoms in total. The van der Waals surface area contributed by atoms with Crippen LogP contribution in [0.5, 0.6) is 0 Å². The van der Waals surface area contributed by atoms with Crippen molar-refractivity contribution in [2.75, 3.05) is 19.6 Å². The first-order valence-electron chi connectivity index (χ1n) is 6.72. The summed E-state index contributed by atoms with van der Waals surface area (Å²) in [5.74, 6) is 0. The predicted molar refractivity (Wildman–Crippen MR) is 71.7 cm³/mol. The molecule has 0 amide bonds. The number of aliphatic imine (C=N–C) groups is 1. The number of nitrogens with zero attached hydrogens (tertiary/aromatic N) is 2. The molecule has 0 saturated carbocycles. The smallest absolute Gasteiger partial charge is 0.0403 e. The van der Waals surface area contributed by atoms with E-state index in [4.69, 9.17) is 0 Å². The van der Waals surface area contributed by atoms with Crippen LogP contribution >= 0.6 is 0 Å². The van der Waals surface area contributed by atoms with Gasteiger partial charge in [0, 0.05) is 37.8 Å². The lowest BCUT2D eigenvalue weighted by molar-refractivity contribution is 0.180. The molecule has 0 spiro atoms. The van der Waals surface area contributed by atoms with Gasteiger partial charge in [-0.2, -0.15) is 0 Å². The summed E-state index contributed by atoms with van der Waals surface area (Å²) in [6.45, 7) is 5.48. The molecule has 1 aromatic rings. The molecule has 1 aromatic carbocycles. The van der Waals surface area contributed by atoms with E-state index in [1.807, 2.05) is 0 Å². The van der Waals surface area contributed by atoms with Crippen molar-refractivity contribution in [1.29, 1.82) is 0 Å². The predicted octanol–water partition coefficient (Wildman–Crippen LogP) is 2.84. The van der Waals surface area contributed by atoms with E-state index < -0.39 is 0 Å². The second-order valence-electron chi connectivity index (χ2n) is 5.00. The van der Waals surface area contributed by atoms with Gasteiger partial charge in [0.2, 0.25) is 0 Å². The van der Waals surface area contributed by atoms with Crippen LogP contribution in [0.25, 0.3) is 0 Å². The fraction of sp³-hybridized carbons (Fsp3) is 0.533. The fourth-order valence-corrected chi connectivity index (χ4v) is 3.18. The Kier molecular flexibility index (Phi) is 2.98. The van der Waals surface area contributed by atoms with Crippen molar-refractivity contribution in [3.63, 3.8) is 0 Å². The van der Waals surface area contributed by atoms with E-state index >= 15 is 0 Å². The molecule has 0 aliphatic carbocycles. The van der Waals surface area contributed by atoms with Crippen LogP contribution in [0.2, 0.25) is 0 Å². The third-order valence-electron chi connectivity index (χ3n) is 4.02. The number of hydrogen-bond donors (Lipinski definition) is 0. The summed E-state index contributed by atoms with van der Waals surface area (Å²) in [5, 5.41) is 0. The van der Waals surface area contributed by atoms with Crippen LogP contribution in [0.3, 0.4) is 0 Å². The zero-order chi connectivity index (χ0) is 11.7. The number of fused-ring (bicyclic) bond motifs is 3. The van der Waals surface area contributed by atoms with Crippen molar-refractivity contribution < 1.29 is 0 Å². The maximum Gasteiger partial charge on any atom is 0.0403 e. The Morgan fingerprint density at radius 3 is 2.94 bits per heavy atom. The van der Waals surface area contributed by atoms with Gasteiger partial charge < -0.3 is 0 Å². The molecule has 0 bridgehead atoms. The lowest BCUT2D eigenvalue weighted by Crippen LogP contribution is -2.41. The lowest BCUT2D eigenvalue weighted by Gasteiger charge is -2.41. The number of hydrogen-bond acceptors (Lipinski definition) is 2. The third kappa shape index (κ3) is 2.02. The van der Waals surface area contributed by atoms with Gasteiger partial charge in [-0.15, -0.1) is 0 Å². The van der Waals surface area contributed by atoms with Crippen LogP contribution in [0.4, 0.5) is 0 Å². The van der Waals surface area contributed by atoms with E-state index in [2.05, 4.69) is 41.1 Å². The van der Waals surface area contributed by atoms with E-state index in [9.17, 15) is 0 Å². The summed E-state index contributed by atoms with van der Waals surface area (Å²) in [7, 11) is 0. The SMILES string of the molecule is CCN=C1CCN2CCc3ccccc3[C@@H]2C1. The lowest BCUT2D eigenvalue weighted by atomic mass is 9.86. The molecule has 2 heterocycles. The Labute approximate surface area is 103 Å². The topological polar surface area (TPSA) is 15.6 Å². The van der Waals surface area contributed by atoms with E-state index in [-0.39, 0.29) is 0 Å². The van der Waals surface area contributed by atoms with Crippen molar-refractivity contribution in [2.24, 2.45) is 4.99 Å². The number of rotatable bonds is 1. The Morgan fingerprint density at radius 2 is 2.06 bits per heavy atom. The molecule has 3 rings (SSSR count). The summed E-state index contributed by atoms with van der Waals surface area (Å²) >= 11 is 0. The summed E-state index contributed by atoms with van der Waals surface area (Å²) in [6.07, 6.45) is 3.53. The van der Waals surface area contributed by atoms with Gasteiger partial charge in [0.25, 0.3) is 0 Å². The van der Waals surface area contributed by atoms with Gasteiger partial charge in [0.1, 0.15) is 0 Å². The zero-order valence-electron chi connectivity index (χ0n) is 10.5. The highest BCUT2D eigenvalue weighted by atomic mass is 15.2. The highest BCUT2D eigenvalue weighted by Gasteiger charge is 2.31. The highest BCUT2D eigenvalue weighted by Crippen LogP contribution is 2.35. The minimum absolute atomic E-state index is 0.596. The second kappa shape index (κ2) is 4.61. The van der Waals surface area contributed by atoms with E-state index in [0.29, 0.717) is 6.04 Å². The van der Waals surface area contributed by atoms with Crippen LogP contribution in [0, 0.1) is 0 Å².